The van der Waals surface area contributed by atoms with Crippen LogP contribution in [-0.4, -0.2) is 39.0 Å². The van der Waals surface area contributed by atoms with Gasteiger partial charge in [-0.3, -0.25) is 9.59 Å². The number of anilines is 1. The summed E-state index contributed by atoms with van der Waals surface area (Å²) in [7, 11) is 0. The van der Waals surface area contributed by atoms with Crippen molar-refractivity contribution < 1.29 is 14.0 Å². The maximum Gasteiger partial charge on any atom is 0.256 e. The molecule has 2 amide bonds. The molecule has 0 saturated heterocycles. The van der Waals surface area contributed by atoms with Crippen LogP contribution in [0.15, 0.2) is 42.9 Å². The number of carbonyl (C=O) groups is 2. The Balaban J connectivity index is 1.37. The molecule has 0 bridgehead atoms. The molecule has 0 aliphatic heterocycles. The number of carbonyl (C=O) groups excluding carboxylic acids is 2. The Morgan fingerprint density at radius 2 is 2.06 bits per heavy atom. The van der Waals surface area contributed by atoms with Crippen LogP contribution in [0.2, 0.25) is 5.02 Å². The quantitative estimate of drug-likeness (QED) is 0.649. The Bertz CT molecular complexity index is 1110. The molecule has 0 spiro atoms. The van der Waals surface area contributed by atoms with Crippen LogP contribution in [0.1, 0.15) is 43.0 Å². The van der Waals surface area contributed by atoms with Gasteiger partial charge in [-0.25, -0.2) is 13.9 Å². The van der Waals surface area contributed by atoms with Crippen LogP contribution in [0, 0.1) is 11.7 Å². The largest absolute Gasteiger partial charge is 0.349 e. The minimum Gasteiger partial charge on any atom is -0.349 e. The fourth-order valence-electron chi connectivity index (χ4n) is 4.10. The lowest BCUT2D eigenvalue weighted by molar-refractivity contribution is -0.123. The number of aromatic nitrogens is 3. The number of rotatable bonds is 5. The number of benzene rings is 1. The van der Waals surface area contributed by atoms with Gasteiger partial charge in [0.2, 0.25) is 5.91 Å². The van der Waals surface area contributed by atoms with Crippen LogP contribution < -0.4 is 10.2 Å². The summed E-state index contributed by atoms with van der Waals surface area (Å²) in [6.07, 6.45) is 7.59. The molecule has 4 rings (SSSR count). The molecule has 1 aliphatic rings. The fourth-order valence-corrected chi connectivity index (χ4v) is 4.37. The number of halogens is 2. The van der Waals surface area contributed by atoms with E-state index in [1.54, 1.807) is 27.9 Å². The van der Waals surface area contributed by atoms with E-state index in [9.17, 15) is 14.0 Å². The number of hydrogen-bond donors (Lipinski definition) is 1. The monoisotopic (exact) mass is 443 g/mol. The normalized spacial score (nSPS) is 18.7. The van der Waals surface area contributed by atoms with Crippen LogP contribution >= 0.6 is 11.6 Å². The first-order valence-electron chi connectivity index (χ1n) is 10.3. The van der Waals surface area contributed by atoms with E-state index in [2.05, 4.69) is 15.4 Å². The van der Waals surface area contributed by atoms with Crippen molar-refractivity contribution in [1.29, 1.82) is 0 Å². The molecule has 1 aromatic carbocycles. The second-order valence-corrected chi connectivity index (χ2v) is 8.05. The zero-order chi connectivity index (χ0) is 22.0. The molecule has 3 aromatic rings. The average molecular weight is 444 g/mol. The second-order valence-electron chi connectivity index (χ2n) is 7.65. The zero-order valence-electron chi connectivity index (χ0n) is 17.1. The van der Waals surface area contributed by atoms with E-state index >= 15 is 0 Å². The first kappa shape index (κ1) is 21.2. The van der Waals surface area contributed by atoms with Crippen LogP contribution in [0.4, 0.5) is 10.1 Å². The van der Waals surface area contributed by atoms with Gasteiger partial charge in [0.25, 0.3) is 5.91 Å². The predicted octanol–water partition coefficient (Wildman–Crippen LogP) is 3.86. The molecule has 1 aliphatic carbocycles. The van der Waals surface area contributed by atoms with Crippen LogP contribution in [0.3, 0.4) is 0 Å². The van der Waals surface area contributed by atoms with Gasteiger partial charge in [0, 0.05) is 30.9 Å². The first-order valence-corrected chi connectivity index (χ1v) is 10.7. The van der Waals surface area contributed by atoms with E-state index < -0.39 is 5.82 Å². The molecule has 7 nitrogen and oxygen atoms in total. The summed E-state index contributed by atoms with van der Waals surface area (Å²) in [5, 5.41) is 7.41. The van der Waals surface area contributed by atoms with Gasteiger partial charge in [-0.1, -0.05) is 11.6 Å². The van der Waals surface area contributed by atoms with Crippen molar-refractivity contribution in [2.45, 2.75) is 38.6 Å². The number of amides is 2. The summed E-state index contributed by atoms with van der Waals surface area (Å²) in [5.74, 6) is -0.827. The van der Waals surface area contributed by atoms with E-state index in [-0.39, 0.29) is 28.8 Å². The van der Waals surface area contributed by atoms with Crippen molar-refractivity contribution >= 4 is 34.7 Å². The van der Waals surface area contributed by atoms with Crippen molar-refractivity contribution in [3.05, 3.63) is 59.3 Å². The summed E-state index contributed by atoms with van der Waals surface area (Å²) >= 11 is 6.16. The fraction of sp³-hybridized carbons (Fsp3) is 0.364. The summed E-state index contributed by atoms with van der Waals surface area (Å²) in [4.78, 5) is 31.6. The molecule has 0 atom stereocenters. The summed E-state index contributed by atoms with van der Waals surface area (Å²) < 4.78 is 14.9. The van der Waals surface area contributed by atoms with Gasteiger partial charge in [-0.15, -0.1) is 0 Å². The van der Waals surface area contributed by atoms with E-state index in [4.69, 9.17) is 11.6 Å². The van der Waals surface area contributed by atoms with E-state index in [1.807, 2.05) is 6.92 Å². The standard InChI is InChI=1S/C22H23ClFN5O2/c1-2-28(19-9-6-15(24)12-18(19)23)22(31)14-4-7-16(8-5-14)27-21(30)17-13-26-29-11-3-10-25-20(17)29/h3,6,9-14,16H,2,4-5,7-8H2,1H3,(H,27,30)/t14-,16-. The molecular weight excluding hydrogens is 421 g/mol. The third kappa shape index (κ3) is 4.39. The minimum absolute atomic E-state index is 0.0142. The number of fused-ring (bicyclic) bond motifs is 1. The van der Waals surface area contributed by atoms with Crippen molar-refractivity contribution in [1.82, 2.24) is 19.9 Å². The van der Waals surface area contributed by atoms with Crippen molar-refractivity contribution in [3.8, 4) is 0 Å². The minimum atomic E-state index is -0.435. The Morgan fingerprint density at radius 1 is 1.29 bits per heavy atom. The van der Waals surface area contributed by atoms with Crippen LogP contribution in [-0.2, 0) is 4.79 Å². The van der Waals surface area contributed by atoms with Gasteiger partial charge >= 0.3 is 0 Å². The highest BCUT2D eigenvalue weighted by atomic mass is 35.5. The smallest absolute Gasteiger partial charge is 0.256 e. The Morgan fingerprint density at radius 3 is 2.77 bits per heavy atom. The van der Waals surface area contributed by atoms with Crippen molar-refractivity contribution in [3.63, 3.8) is 0 Å². The lowest BCUT2D eigenvalue weighted by Crippen LogP contribution is -2.42. The molecule has 1 fully saturated rings. The first-order chi connectivity index (χ1) is 15.0. The molecule has 2 heterocycles. The average Bonchev–Trinajstić information content (AvgIpc) is 3.20. The number of nitrogens with one attached hydrogen (secondary N) is 1. The second kappa shape index (κ2) is 9.01. The van der Waals surface area contributed by atoms with Crippen LogP contribution in [0.5, 0.6) is 0 Å². The van der Waals surface area contributed by atoms with Crippen molar-refractivity contribution in [2.75, 3.05) is 11.4 Å². The molecular formula is C22H23ClFN5O2. The van der Waals surface area contributed by atoms with Gasteiger partial charge in [0.1, 0.15) is 11.4 Å². The van der Waals surface area contributed by atoms with Crippen molar-refractivity contribution in [2.24, 2.45) is 5.92 Å². The highest BCUT2D eigenvalue weighted by Gasteiger charge is 2.31. The molecule has 9 heteroatoms. The topological polar surface area (TPSA) is 79.6 Å². The number of hydrogen-bond acceptors (Lipinski definition) is 4. The van der Waals surface area contributed by atoms with Gasteiger partial charge in [-0.05, 0) is 56.9 Å². The SMILES string of the molecule is CCN(c1ccc(F)cc1Cl)C(=O)[C@H]1CC[C@H](NC(=O)c2cnn3cccnc23)CC1. The molecule has 1 saturated carbocycles. The highest BCUT2D eigenvalue weighted by Crippen LogP contribution is 2.32. The summed E-state index contributed by atoms with van der Waals surface area (Å²) in [5.41, 5.74) is 1.46. The maximum atomic E-state index is 13.4. The lowest BCUT2D eigenvalue weighted by atomic mass is 9.85. The zero-order valence-corrected chi connectivity index (χ0v) is 17.8. The van der Waals surface area contributed by atoms with Gasteiger partial charge < -0.3 is 10.2 Å². The lowest BCUT2D eigenvalue weighted by Gasteiger charge is -2.32. The number of nitrogens with zero attached hydrogens (tertiary/aromatic N) is 4. The third-order valence-corrected chi connectivity index (χ3v) is 6.02. The molecule has 0 radical (unpaired) electrons. The molecule has 31 heavy (non-hydrogen) atoms. The Hall–Kier alpha value is -3.00. The van der Waals surface area contributed by atoms with E-state index in [1.165, 1.54) is 24.4 Å². The molecule has 162 valence electrons. The predicted molar refractivity (Wildman–Crippen MR) is 116 cm³/mol. The molecule has 2 aromatic heterocycles. The third-order valence-electron chi connectivity index (χ3n) is 5.72. The maximum absolute atomic E-state index is 13.4. The van der Waals surface area contributed by atoms with Crippen LogP contribution in [0.25, 0.3) is 5.65 Å². The summed E-state index contributed by atoms with van der Waals surface area (Å²) in [6.45, 7) is 2.32. The van der Waals surface area contributed by atoms with E-state index in [0.717, 1.165) is 0 Å². The van der Waals surface area contributed by atoms with Gasteiger partial charge in [-0.2, -0.15) is 5.10 Å². The Labute approximate surface area is 184 Å². The highest BCUT2D eigenvalue weighted by molar-refractivity contribution is 6.33. The van der Waals surface area contributed by atoms with E-state index in [0.29, 0.717) is 49.1 Å². The Kier molecular flexibility index (Phi) is 6.18. The summed E-state index contributed by atoms with van der Waals surface area (Å²) in [6, 6.07) is 5.79. The van der Waals surface area contributed by atoms with Gasteiger partial charge in [0.15, 0.2) is 5.65 Å². The molecule has 0 unspecified atom stereocenters. The molecule has 1 N–H and O–H groups in total. The van der Waals surface area contributed by atoms with Gasteiger partial charge in [0.05, 0.1) is 16.9 Å².